The lowest BCUT2D eigenvalue weighted by atomic mass is 10.1. The maximum atomic E-state index is 11.8. The first kappa shape index (κ1) is 13.5. The van der Waals surface area contributed by atoms with Crippen molar-refractivity contribution in [2.45, 2.75) is 70.6 Å². The SMILES string of the molecule is CC(NC1CCC(N)C1)C(=O)NC(C)(C)C. The Morgan fingerprint density at radius 1 is 1.38 bits per heavy atom. The molecule has 1 saturated carbocycles. The van der Waals surface area contributed by atoms with Crippen LogP contribution in [0.5, 0.6) is 0 Å². The molecule has 0 radical (unpaired) electrons. The fourth-order valence-corrected chi connectivity index (χ4v) is 2.07. The molecule has 1 aliphatic rings. The van der Waals surface area contributed by atoms with Crippen molar-refractivity contribution in [1.29, 1.82) is 0 Å². The minimum atomic E-state index is -0.168. The zero-order valence-corrected chi connectivity index (χ0v) is 10.8. The van der Waals surface area contributed by atoms with Gasteiger partial charge in [0.1, 0.15) is 0 Å². The van der Waals surface area contributed by atoms with E-state index in [0.29, 0.717) is 12.1 Å². The number of hydrogen-bond acceptors (Lipinski definition) is 3. The van der Waals surface area contributed by atoms with Crippen LogP contribution in [0.4, 0.5) is 0 Å². The topological polar surface area (TPSA) is 67.1 Å². The van der Waals surface area contributed by atoms with Gasteiger partial charge in [-0.1, -0.05) is 0 Å². The molecule has 1 fully saturated rings. The Labute approximate surface area is 98.3 Å². The van der Waals surface area contributed by atoms with Gasteiger partial charge in [0.2, 0.25) is 5.91 Å². The molecule has 1 amide bonds. The predicted molar refractivity (Wildman–Crippen MR) is 66.1 cm³/mol. The van der Waals surface area contributed by atoms with E-state index in [4.69, 9.17) is 5.73 Å². The molecule has 0 bridgehead atoms. The second-order valence-corrected chi connectivity index (χ2v) is 5.90. The monoisotopic (exact) mass is 227 g/mol. The van der Waals surface area contributed by atoms with Gasteiger partial charge < -0.3 is 16.4 Å². The Balaban J connectivity index is 2.34. The van der Waals surface area contributed by atoms with Gasteiger partial charge in [0.05, 0.1) is 6.04 Å². The largest absolute Gasteiger partial charge is 0.350 e. The normalized spacial score (nSPS) is 27.8. The Hall–Kier alpha value is -0.610. The molecule has 0 aliphatic heterocycles. The van der Waals surface area contributed by atoms with E-state index in [0.717, 1.165) is 19.3 Å². The van der Waals surface area contributed by atoms with E-state index in [1.165, 1.54) is 0 Å². The van der Waals surface area contributed by atoms with Crippen LogP contribution in [0, 0.1) is 0 Å². The minimum absolute atomic E-state index is 0.0629. The molecule has 0 spiro atoms. The van der Waals surface area contributed by atoms with Crippen LogP contribution in [-0.4, -0.2) is 29.6 Å². The molecule has 0 saturated heterocycles. The van der Waals surface area contributed by atoms with Crippen molar-refractivity contribution < 1.29 is 4.79 Å². The van der Waals surface area contributed by atoms with Gasteiger partial charge in [0, 0.05) is 17.6 Å². The highest BCUT2D eigenvalue weighted by Crippen LogP contribution is 2.17. The Kier molecular flexibility index (Phi) is 4.33. The van der Waals surface area contributed by atoms with Gasteiger partial charge in [-0.3, -0.25) is 4.79 Å². The Morgan fingerprint density at radius 3 is 2.44 bits per heavy atom. The van der Waals surface area contributed by atoms with Crippen molar-refractivity contribution in [1.82, 2.24) is 10.6 Å². The Bertz CT molecular complexity index is 247. The maximum Gasteiger partial charge on any atom is 0.237 e. The summed E-state index contributed by atoms with van der Waals surface area (Å²) in [5, 5.41) is 6.31. The molecule has 3 unspecified atom stereocenters. The summed E-state index contributed by atoms with van der Waals surface area (Å²) in [5.74, 6) is 0.0629. The zero-order valence-electron chi connectivity index (χ0n) is 10.8. The third-order valence-corrected chi connectivity index (χ3v) is 2.85. The van der Waals surface area contributed by atoms with Crippen LogP contribution >= 0.6 is 0 Å². The fraction of sp³-hybridized carbons (Fsp3) is 0.917. The summed E-state index contributed by atoms with van der Waals surface area (Å²) < 4.78 is 0. The summed E-state index contributed by atoms with van der Waals surface area (Å²) >= 11 is 0. The summed E-state index contributed by atoms with van der Waals surface area (Å²) in [6.45, 7) is 7.88. The van der Waals surface area contributed by atoms with Gasteiger partial charge in [-0.2, -0.15) is 0 Å². The maximum absolute atomic E-state index is 11.8. The summed E-state index contributed by atoms with van der Waals surface area (Å²) in [4.78, 5) is 11.8. The highest BCUT2D eigenvalue weighted by molar-refractivity contribution is 5.81. The third kappa shape index (κ3) is 4.49. The average molecular weight is 227 g/mol. The van der Waals surface area contributed by atoms with E-state index in [2.05, 4.69) is 10.6 Å². The number of nitrogens with one attached hydrogen (secondary N) is 2. The number of amides is 1. The van der Waals surface area contributed by atoms with Crippen molar-refractivity contribution >= 4 is 5.91 Å². The van der Waals surface area contributed by atoms with Crippen LogP contribution in [0.3, 0.4) is 0 Å². The predicted octanol–water partition coefficient (Wildman–Crippen LogP) is 0.759. The molecule has 0 aromatic rings. The second-order valence-electron chi connectivity index (χ2n) is 5.90. The number of hydrogen-bond donors (Lipinski definition) is 3. The van der Waals surface area contributed by atoms with E-state index in [9.17, 15) is 4.79 Å². The van der Waals surface area contributed by atoms with Crippen molar-refractivity contribution in [3.63, 3.8) is 0 Å². The molecule has 0 aromatic carbocycles. The van der Waals surface area contributed by atoms with E-state index >= 15 is 0 Å². The standard InChI is InChI=1S/C12H25N3O/c1-8(11(16)15-12(2,3)4)14-10-6-5-9(13)7-10/h8-10,14H,5-7,13H2,1-4H3,(H,15,16). The molecule has 4 N–H and O–H groups in total. The molecule has 16 heavy (non-hydrogen) atoms. The smallest absolute Gasteiger partial charge is 0.237 e. The van der Waals surface area contributed by atoms with Crippen molar-refractivity contribution in [2.75, 3.05) is 0 Å². The fourth-order valence-electron chi connectivity index (χ4n) is 2.07. The molecular weight excluding hydrogens is 202 g/mol. The number of carbonyl (C=O) groups excluding carboxylic acids is 1. The lowest BCUT2D eigenvalue weighted by Gasteiger charge is -2.25. The van der Waals surface area contributed by atoms with Gasteiger partial charge in [-0.15, -0.1) is 0 Å². The molecular formula is C12H25N3O. The van der Waals surface area contributed by atoms with Crippen LogP contribution < -0.4 is 16.4 Å². The number of rotatable bonds is 3. The van der Waals surface area contributed by atoms with Gasteiger partial charge in [0.15, 0.2) is 0 Å². The average Bonchev–Trinajstić information content (AvgIpc) is 2.48. The lowest BCUT2D eigenvalue weighted by Crippen LogP contribution is -2.51. The first-order valence-corrected chi connectivity index (χ1v) is 6.11. The van der Waals surface area contributed by atoms with Gasteiger partial charge in [-0.05, 0) is 47.0 Å². The summed E-state index contributed by atoms with van der Waals surface area (Å²) in [7, 11) is 0. The minimum Gasteiger partial charge on any atom is -0.350 e. The van der Waals surface area contributed by atoms with Crippen LogP contribution in [0.2, 0.25) is 0 Å². The van der Waals surface area contributed by atoms with Crippen molar-refractivity contribution in [3.8, 4) is 0 Å². The molecule has 1 aliphatic carbocycles. The lowest BCUT2D eigenvalue weighted by molar-refractivity contribution is -0.124. The summed E-state index contributed by atoms with van der Waals surface area (Å²) in [6, 6.07) is 0.556. The van der Waals surface area contributed by atoms with Gasteiger partial charge in [-0.25, -0.2) is 0 Å². The zero-order chi connectivity index (χ0) is 12.3. The molecule has 94 valence electrons. The van der Waals surface area contributed by atoms with E-state index in [1.807, 2.05) is 27.7 Å². The third-order valence-electron chi connectivity index (χ3n) is 2.85. The second kappa shape index (κ2) is 5.15. The molecule has 4 nitrogen and oxygen atoms in total. The first-order chi connectivity index (χ1) is 7.28. The summed E-state index contributed by atoms with van der Waals surface area (Å²) in [5.41, 5.74) is 5.67. The Morgan fingerprint density at radius 2 is 2.00 bits per heavy atom. The van der Waals surface area contributed by atoms with Crippen molar-refractivity contribution in [3.05, 3.63) is 0 Å². The van der Waals surface area contributed by atoms with E-state index < -0.39 is 0 Å². The number of nitrogens with two attached hydrogens (primary N) is 1. The molecule has 1 rings (SSSR count). The van der Waals surface area contributed by atoms with Crippen LogP contribution in [-0.2, 0) is 4.79 Å². The van der Waals surface area contributed by atoms with E-state index in [1.54, 1.807) is 0 Å². The first-order valence-electron chi connectivity index (χ1n) is 6.11. The summed E-state index contributed by atoms with van der Waals surface area (Å²) in [6.07, 6.45) is 3.12. The van der Waals surface area contributed by atoms with Gasteiger partial charge >= 0.3 is 0 Å². The molecule has 4 heteroatoms. The van der Waals surface area contributed by atoms with Crippen LogP contribution in [0.25, 0.3) is 0 Å². The van der Waals surface area contributed by atoms with Crippen LogP contribution in [0.1, 0.15) is 47.0 Å². The quantitative estimate of drug-likeness (QED) is 0.667. The highest BCUT2D eigenvalue weighted by atomic mass is 16.2. The number of carbonyl (C=O) groups is 1. The van der Waals surface area contributed by atoms with Crippen LogP contribution in [0.15, 0.2) is 0 Å². The highest BCUT2D eigenvalue weighted by Gasteiger charge is 2.26. The van der Waals surface area contributed by atoms with Gasteiger partial charge in [0.25, 0.3) is 0 Å². The molecule has 0 aromatic heterocycles. The van der Waals surface area contributed by atoms with E-state index in [-0.39, 0.29) is 17.5 Å². The van der Waals surface area contributed by atoms with Crippen molar-refractivity contribution in [2.24, 2.45) is 5.73 Å². The molecule has 3 atom stereocenters. The molecule has 0 heterocycles.